The van der Waals surface area contributed by atoms with Crippen LogP contribution < -0.4 is 4.74 Å². The van der Waals surface area contributed by atoms with Gasteiger partial charge in [0.15, 0.2) is 0 Å². The van der Waals surface area contributed by atoms with Crippen molar-refractivity contribution in [1.29, 1.82) is 0 Å². The number of benzene rings is 4. The molecule has 5 nitrogen and oxygen atoms in total. The van der Waals surface area contributed by atoms with E-state index in [2.05, 4.69) is 0 Å². The van der Waals surface area contributed by atoms with Crippen LogP contribution in [-0.4, -0.2) is 21.3 Å². The van der Waals surface area contributed by atoms with E-state index >= 15 is 0 Å². The summed E-state index contributed by atoms with van der Waals surface area (Å²) in [5, 5.41) is 36.1. The fourth-order valence-electron chi connectivity index (χ4n) is 5.50. The molecule has 0 amide bonds. The smallest absolute Gasteiger partial charge is 0.318 e. The van der Waals surface area contributed by atoms with Gasteiger partial charge in [-0.05, 0) is 34.2 Å². The highest BCUT2D eigenvalue weighted by Gasteiger charge is 2.63. The van der Waals surface area contributed by atoms with Crippen LogP contribution in [0, 0.1) is 5.92 Å². The van der Waals surface area contributed by atoms with Crippen LogP contribution in [0.15, 0.2) is 84.9 Å². The minimum atomic E-state index is -1.74. The number of carbonyl (C=O) groups excluding carboxylic acids is 1. The molecule has 0 radical (unpaired) electrons. The van der Waals surface area contributed by atoms with Crippen LogP contribution >= 0.6 is 0 Å². The normalized spacial score (nSPS) is 25.2. The summed E-state index contributed by atoms with van der Waals surface area (Å²) in [6, 6.07) is 24.7. The molecule has 0 saturated heterocycles. The summed E-state index contributed by atoms with van der Waals surface area (Å²) in [6.45, 7) is 0. The zero-order valence-corrected chi connectivity index (χ0v) is 17.0. The third-order valence-electron chi connectivity index (χ3n) is 6.90. The number of hydrogen-bond acceptors (Lipinski definition) is 5. The van der Waals surface area contributed by atoms with Gasteiger partial charge in [-0.25, -0.2) is 0 Å². The number of rotatable bonds is 2. The van der Waals surface area contributed by atoms with Crippen molar-refractivity contribution in [2.45, 2.75) is 17.6 Å². The van der Waals surface area contributed by atoms with Crippen LogP contribution in [0.2, 0.25) is 0 Å². The van der Waals surface area contributed by atoms with Crippen LogP contribution in [0.3, 0.4) is 0 Å². The number of ether oxygens (including phenoxy) is 1. The fourth-order valence-corrected chi connectivity index (χ4v) is 5.50. The maximum Gasteiger partial charge on any atom is 0.318 e. The van der Waals surface area contributed by atoms with Crippen molar-refractivity contribution in [1.82, 2.24) is 0 Å². The molecule has 32 heavy (non-hydrogen) atoms. The first-order valence-electron chi connectivity index (χ1n) is 10.5. The van der Waals surface area contributed by atoms with Gasteiger partial charge in [-0.3, -0.25) is 4.79 Å². The molecule has 3 aliphatic rings. The summed E-state index contributed by atoms with van der Waals surface area (Å²) in [5.74, 6) is -1.41. The Balaban J connectivity index is 1.51. The van der Waals surface area contributed by atoms with Gasteiger partial charge in [0, 0.05) is 17.4 Å². The second-order valence-corrected chi connectivity index (χ2v) is 8.53. The van der Waals surface area contributed by atoms with Crippen molar-refractivity contribution in [3.8, 4) is 11.5 Å². The molecule has 4 aromatic carbocycles. The number of esters is 1. The Bertz CT molecular complexity index is 1410. The average molecular weight is 424 g/mol. The van der Waals surface area contributed by atoms with E-state index in [1.807, 2.05) is 36.4 Å². The predicted octanol–water partition coefficient (Wildman–Crippen LogP) is 3.96. The number of phenolic OH excluding ortho intramolecular Hbond substituents is 1. The molecule has 2 bridgehead atoms. The standard InChI is InChI=1S/C27H20O5/c28-22-13-6-12-20-24(22)26(30)15-21(27(20,31)19-11-4-3-10-18(19)26)25(29)32-23-14-5-8-16-7-1-2-9-17(16)23/h1-14,21,28,30-31H,15H2. The van der Waals surface area contributed by atoms with Gasteiger partial charge < -0.3 is 20.1 Å². The number of carbonyl (C=O) groups is 1. The second kappa shape index (κ2) is 6.42. The summed E-state index contributed by atoms with van der Waals surface area (Å²) in [7, 11) is 0. The fraction of sp³-hybridized carbons (Fsp3) is 0.148. The number of aliphatic hydroxyl groups is 2. The molecule has 0 saturated carbocycles. The number of phenols is 1. The molecule has 3 atom stereocenters. The van der Waals surface area contributed by atoms with E-state index in [0.717, 1.165) is 10.8 Å². The van der Waals surface area contributed by atoms with E-state index in [1.54, 1.807) is 42.5 Å². The lowest BCUT2D eigenvalue weighted by Crippen LogP contribution is -2.57. The summed E-state index contributed by atoms with van der Waals surface area (Å²) in [5.41, 5.74) is -1.85. The van der Waals surface area contributed by atoms with Crippen molar-refractivity contribution in [3.05, 3.63) is 107 Å². The van der Waals surface area contributed by atoms with Crippen LogP contribution in [0.5, 0.6) is 11.5 Å². The van der Waals surface area contributed by atoms with E-state index < -0.39 is 23.1 Å². The van der Waals surface area contributed by atoms with Gasteiger partial charge in [0.2, 0.25) is 0 Å². The Morgan fingerprint density at radius 2 is 1.47 bits per heavy atom. The molecule has 0 spiro atoms. The summed E-state index contributed by atoms with van der Waals surface area (Å²) < 4.78 is 5.82. The molecule has 0 aromatic heterocycles. The summed E-state index contributed by atoms with van der Waals surface area (Å²) in [4.78, 5) is 13.5. The summed E-state index contributed by atoms with van der Waals surface area (Å²) >= 11 is 0. The first kappa shape index (κ1) is 19.0. The Hall–Kier alpha value is -3.67. The van der Waals surface area contributed by atoms with Crippen LogP contribution in [-0.2, 0) is 16.0 Å². The number of aromatic hydroxyl groups is 1. The van der Waals surface area contributed by atoms with E-state index in [9.17, 15) is 20.1 Å². The Morgan fingerprint density at radius 3 is 2.31 bits per heavy atom. The Morgan fingerprint density at radius 1 is 0.812 bits per heavy atom. The van der Waals surface area contributed by atoms with Gasteiger partial charge in [-0.2, -0.15) is 0 Å². The third-order valence-corrected chi connectivity index (χ3v) is 6.90. The molecular weight excluding hydrogens is 404 g/mol. The first-order chi connectivity index (χ1) is 15.4. The van der Waals surface area contributed by atoms with Gasteiger partial charge in [0.1, 0.15) is 22.7 Å². The van der Waals surface area contributed by atoms with Crippen molar-refractivity contribution >= 4 is 16.7 Å². The van der Waals surface area contributed by atoms with Crippen molar-refractivity contribution in [3.63, 3.8) is 0 Å². The zero-order chi connectivity index (χ0) is 22.1. The van der Waals surface area contributed by atoms with Crippen molar-refractivity contribution in [2.24, 2.45) is 5.92 Å². The number of fused-ring (bicyclic) bond motifs is 2. The minimum Gasteiger partial charge on any atom is -0.508 e. The molecular formula is C27H20O5. The second-order valence-electron chi connectivity index (χ2n) is 8.53. The van der Waals surface area contributed by atoms with E-state index in [-0.39, 0.29) is 17.7 Å². The van der Waals surface area contributed by atoms with Gasteiger partial charge in [-0.1, -0.05) is 72.8 Å². The zero-order valence-electron chi connectivity index (χ0n) is 17.0. The highest BCUT2D eigenvalue weighted by atomic mass is 16.5. The lowest BCUT2D eigenvalue weighted by atomic mass is 9.54. The predicted molar refractivity (Wildman–Crippen MR) is 118 cm³/mol. The maximum atomic E-state index is 13.5. The molecule has 0 fully saturated rings. The highest BCUT2D eigenvalue weighted by Crippen LogP contribution is 2.61. The van der Waals surface area contributed by atoms with Crippen LogP contribution in [0.4, 0.5) is 0 Å². The monoisotopic (exact) mass is 424 g/mol. The van der Waals surface area contributed by atoms with Gasteiger partial charge in [0.05, 0.1) is 5.92 Å². The number of hydrogen-bond donors (Lipinski definition) is 3. The van der Waals surface area contributed by atoms with Crippen LogP contribution in [0.25, 0.3) is 10.8 Å². The van der Waals surface area contributed by atoms with Crippen LogP contribution in [0.1, 0.15) is 28.7 Å². The van der Waals surface area contributed by atoms with Gasteiger partial charge >= 0.3 is 5.97 Å². The SMILES string of the molecule is O=C(Oc1cccc2ccccc12)C1CC2(O)c3ccccc3C1(O)c1cccc(O)c12. The van der Waals surface area contributed by atoms with Gasteiger partial charge in [-0.15, -0.1) is 0 Å². The molecule has 158 valence electrons. The van der Waals surface area contributed by atoms with E-state index in [1.165, 1.54) is 6.07 Å². The largest absolute Gasteiger partial charge is 0.508 e. The first-order valence-corrected chi connectivity index (χ1v) is 10.5. The molecule has 3 N–H and O–H groups in total. The van der Waals surface area contributed by atoms with E-state index in [4.69, 9.17) is 4.74 Å². The lowest BCUT2D eigenvalue weighted by molar-refractivity contribution is -0.157. The van der Waals surface area contributed by atoms with E-state index in [0.29, 0.717) is 22.4 Å². The highest BCUT2D eigenvalue weighted by molar-refractivity contribution is 5.91. The third kappa shape index (κ3) is 2.32. The average Bonchev–Trinajstić information content (AvgIpc) is 2.81. The molecule has 5 heteroatoms. The quantitative estimate of drug-likeness (QED) is 0.335. The topological polar surface area (TPSA) is 87.0 Å². The molecule has 3 unspecified atom stereocenters. The Labute approximate surface area is 184 Å². The van der Waals surface area contributed by atoms with Crippen molar-refractivity contribution < 1.29 is 24.9 Å². The molecule has 0 heterocycles. The molecule has 7 rings (SSSR count). The Kier molecular flexibility index (Phi) is 3.82. The maximum absolute atomic E-state index is 13.5. The lowest BCUT2D eigenvalue weighted by Gasteiger charge is -2.53. The van der Waals surface area contributed by atoms with Crippen molar-refractivity contribution in [2.75, 3.05) is 0 Å². The molecule has 4 aromatic rings. The molecule has 0 aliphatic heterocycles. The van der Waals surface area contributed by atoms with Gasteiger partial charge in [0.25, 0.3) is 0 Å². The minimum absolute atomic E-state index is 0.102. The molecule has 3 aliphatic carbocycles. The summed E-state index contributed by atoms with van der Waals surface area (Å²) in [6.07, 6.45) is -0.102.